The monoisotopic (exact) mass is 332 g/mol. The first-order chi connectivity index (χ1) is 11.3. The molecule has 2 heteroatoms. The highest BCUT2D eigenvalue weighted by molar-refractivity contribution is 7.09. The molecule has 0 saturated heterocycles. The van der Waals surface area contributed by atoms with E-state index in [1.54, 1.807) is 0 Å². The quantitative estimate of drug-likeness (QED) is 0.290. The standard InChI is InChI=1S/C21H33OP/c1-3-5-15-19-18-20(19)16-13-11-9-7-6-8-10-12-14-17-21(4-2)22-23/h6-7,9-14,16-17,19-21H,3-5,8,15,18,23H2,1-2H3. The van der Waals surface area contributed by atoms with Gasteiger partial charge in [-0.2, -0.15) is 0 Å². The number of hydrogen-bond acceptors (Lipinski definition) is 1. The van der Waals surface area contributed by atoms with Gasteiger partial charge in [-0.1, -0.05) is 87.4 Å². The van der Waals surface area contributed by atoms with E-state index < -0.39 is 0 Å². The molecule has 0 radical (unpaired) electrons. The minimum absolute atomic E-state index is 0.197. The summed E-state index contributed by atoms with van der Waals surface area (Å²) < 4.78 is 5.20. The highest BCUT2D eigenvalue weighted by Crippen LogP contribution is 2.43. The maximum atomic E-state index is 5.20. The molecule has 0 aromatic carbocycles. The summed E-state index contributed by atoms with van der Waals surface area (Å²) >= 11 is 0. The molecule has 0 spiro atoms. The third-order valence-electron chi connectivity index (χ3n) is 4.16. The Kier molecular flexibility index (Phi) is 11.8. The van der Waals surface area contributed by atoms with Crippen molar-refractivity contribution in [2.24, 2.45) is 11.8 Å². The normalized spacial score (nSPS) is 23.3. The minimum atomic E-state index is 0.197. The van der Waals surface area contributed by atoms with Crippen LogP contribution in [0.3, 0.4) is 0 Å². The summed E-state index contributed by atoms with van der Waals surface area (Å²) in [5.41, 5.74) is 0. The maximum Gasteiger partial charge on any atom is 0.0792 e. The summed E-state index contributed by atoms with van der Waals surface area (Å²) in [7, 11) is 2.32. The Morgan fingerprint density at radius 3 is 2.48 bits per heavy atom. The molecule has 4 unspecified atom stereocenters. The van der Waals surface area contributed by atoms with Gasteiger partial charge in [0.25, 0.3) is 0 Å². The van der Waals surface area contributed by atoms with Crippen LogP contribution in [0.25, 0.3) is 0 Å². The molecule has 1 aliphatic rings. The fourth-order valence-electron chi connectivity index (χ4n) is 2.50. The van der Waals surface area contributed by atoms with E-state index in [1.807, 2.05) is 0 Å². The van der Waals surface area contributed by atoms with Gasteiger partial charge in [0.1, 0.15) is 0 Å². The van der Waals surface area contributed by atoms with Crippen molar-refractivity contribution < 1.29 is 4.52 Å². The molecule has 0 heterocycles. The number of rotatable bonds is 12. The molecule has 4 atom stereocenters. The minimum Gasteiger partial charge on any atom is -0.358 e. The first-order valence-electron chi connectivity index (χ1n) is 9.00. The topological polar surface area (TPSA) is 9.23 Å². The Morgan fingerprint density at radius 1 is 1.04 bits per heavy atom. The zero-order valence-electron chi connectivity index (χ0n) is 14.7. The van der Waals surface area contributed by atoms with Crippen LogP contribution in [0.2, 0.25) is 0 Å². The molecule has 0 amide bonds. The Hall–Kier alpha value is -0.910. The first-order valence-corrected chi connectivity index (χ1v) is 9.47. The van der Waals surface area contributed by atoms with Crippen LogP contribution < -0.4 is 0 Å². The van der Waals surface area contributed by atoms with E-state index >= 15 is 0 Å². The van der Waals surface area contributed by atoms with Crippen molar-refractivity contribution in [2.75, 3.05) is 0 Å². The third kappa shape index (κ3) is 10.5. The molecule has 1 aliphatic carbocycles. The van der Waals surface area contributed by atoms with Gasteiger partial charge < -0.3 is 4.52 Å². The van der Waals surface area contributed by atoms with E-state index in [-0.39, 0.29) is 6.10 Å². The summed E-state index contributed by atoms with van der Waals surface area (Å²) in [5.74, 6) is 1.82. The average molecular weight is 332 g/mol. The predicted molar refractivity (Wildman–Crippen MR) is 106 cm³/mol. The van der Waals surface area contributed by atoms with Crippen molar-refractivity contribution in [3.8, 4) is 0 Å². The van der Waals surface area contributed by atoms with Crippen molar-refractivity contribution in [3.63, 3.8) is 0 Å². The van der Waals surface area contributed by atoms with Crippen LogP contribution >= 0.6 is 9.47 Å². The summed E-state index contributed by atoms with van der Waals surface area (Å²) in [5, 5.41) is 0. The Balaban J connectivity index is 2.08. The van der Waals surface area contributed by atoms with Gasteiger partial charge in [0.15, 0.2) is 0 Å². The molecule has 0 N–H and O–H groups in total. The number of allylic oxidation sites excluding steroid dienone is 9. The third-order valence-corrected chi connectivity index (χ3v) is 4.51. The van der Waals surface area contributed by atoms with Crippen LogP contribution in [0.15, 0.2) is 60.8 Å². The lowest BCUT2D eigenvalue weighted by Gasteiger charge is -2.04. The van der Waals surface area contributed by atoms with Gasteiger partial charge in [-0.3, -0.25) is 0 Å². The van der Waals surface area contributed by atoms with E-state index in [9.17, 15) is 0 Å². The molecule has 1 fully saturated rings. The maximum absolute atomic E-state index is 5.20. The highest BCUT2D eigenvalue weighted by atomic mass is 31.0. The lowest BCUT2D eigenvalue weighted by molar-refractivity contribution is 0.289. The van der Waals surface area contributed by atoms with Crippen molar-refractivity contribution in [3.05, 3.63) is 60.8 Å². The van der Waals surface area contributed by atoms with Crippen LogP contribution in [0.1, 0.15) is 52.4 Å². The zero-order chi connectivity index (χ0) is 16.8. The van der Waals surface area contributed by atoms with Gasteiger partial charge in [0, 0.05) is 9.47 Å². The summed E-state index contributed by atoms with van der Waals surface area (Å²) in [6.45, 7) is 4.38. The second kappa shape index (κ2) is 13.5. The van der Waals surface area contributed by atoms with E-state index in [1.165, 1.54) is 25.7 Å². The van der Waals surface area contributed by atoms with E-state index in [4.69, 9.17) is 4.52 Å². The smallest absolute Gasteiger partial charge is 0.0792 e. The molecule has 1 rings (SSSR count). The molecule has 0 aromatic rings. The van der Waals surface area contributed by atoms with E-state index in [0.29, 0.717) is 0 Å². The highest BCUT2D eigenvalue weighted by Gasteiger charge is 2.33. The summed E-state index contributed by atoms with van der Waals surface area (Å²) in [4.78, 5) is 0. The molecule has 23 heavy (non-hydrogen) atoms. The van der Waals surface area contributed by atoms with Gasteiger partial charge in [-0.15, -0.1) is 0 Å². The molecule has 0 aromatic heterocycles. The molecule has 0 aliphatic heterocycles. The van der Waals surface area contributed by atoms with Crippen molar-refractivity contribution in [1.82, 2.24) is 0 Å². The van der Waals surface area contributed by atoms with E-state index in [2.05, 4.69) is 84.1 Å². The van der Waals surface area contributed by atoms with E-state index in [0.717, 1.165) is 24.7 Å². The zero-order valence-corrected chi connectivity index (χ0v) is 15.9. The van der Waals surface area contributed by atoms with Crippen molar-refractivity contribution in [1.29, 1.82) is 0 Å². The number of unbranched alkanes of at least 4 members (excludes halogenated alkanes) is 1. The van der Waals surface area contributed by atoms with Gasteiger partial charge in [0.2, 0.25) is 0 Å². The van der Waals surface area contributed by atoms with Crippen LogP contribution in [0, 0.1) is 11.8 Å². The fourth-order valence-corrected chi connectivity index (χ4v) is 2.78. The molecular formula is C21H33OP. The van der Waals surface area contributed by atoms with Crippen LogP contribution in [0.5, 0.6) is 0 Å². The van der Waals surface area contributed by atoms with Crippen molar-refractivity contribution >= 4 is 9.47 Å². The second-order valence-electron chi connectivity index (χ2n) is 6.13. The molecule has 128 valence electrons. The Labute approximate surface area is 145 Å². The van der Waals surface area contributed by atoms with Gasteiger partial charge in [-0.25, -0.2) is 0 Å². The second-order valence-corrected chi connectivity index (χ2v) is 6.40. The predicted octanol–water partition coefficient (Wildman–Crippen LogP) is 6.57. The molecular weight excluding hydrogens is 299 g/mol. The molecule has 0 bridgehead atoms. The lowest BCUT2D eigenvalue weighted by atomic mass is 10.1. The summed E-state index contributed by atoms with van der Waals surface area (Å²) in [6, 6.07) is 0. The lowest BCUT2D eigenvalue weighted by Crippen LogP contribution is -1.99. The summed E-state index contributed by atoms with van der Waals surface area (Å²) in [6.07, 6.45) is 29.1. The van der Waals surface area contributed by atoms with Crippen molar-refractivity contribution in [2.45, 2.75) is 58.5 Å². The SMILES string of the molecule is CCCCC1CC1C=CC=CC=CCC=CC=CC(CC)OP. The van der Waals surface area contributed by atoms with Crippen LogP contribution in [-0.2, 0) is 4.52 Å². The number of hydrogen-bond donors (Lipinski definition) is 0. The largest absolute Gasteiger partial charge is 0.358 e. The average Bonchev–Trinajstić information content (AvgIpc) is 3.32. The first kappa shape index (κ1) is 20.1. The molecule has 1 nitrogen and oxygen atoms in total. The Bertz CT molecular complexity index is 427. The van der Waals surface area contributed by atoms with Gasteiger partial charge >= 0.3 is 0 Å². The van der Waals surface area contributed by atoms with Crippen LogP contribution in [0.4, 0.5) is 0 Å². The van der Waals surface area contributed by atoms with Gasteiger partial charge in [-0.05, 0) is 37.5 Å². The fraction of sp³-hybridized carbons (Fsp3) is 0.524. The Morgan fingerprint density at radius 2 is 1.78 bits per heavy atom. The van der Waals surface area contributed by atoms with Gasteiger partial charge in [0.05, 0.1) is 6.10 Å². The van der Waals surface area contributed by atoms with Crippen LogP contribution in [-0.4, -0.2) is 6.10 Å². The molecule has 1 saturated carbocycles.